The molecular formula is C5H10BF4N. The van der Waals surface area contributed by atoms with Gasteiger partial charge in [-0.15, -0.1) is 0 Å². The van der Waals surface area contributed by atoms with E-state index < -0.39 is 5.95 Å². The molecule has 0 bridgehead atoms. The fourth-order valence-electron chi connectivity index (χ4n) is 0.342. The molecule has 1 nitrogen and oxygen atoms in total. The third-order valence-corrected chi connectivity index (χ3v) is 0.629. The number of aromatic nitrogens is 1. The third kappa shape index (κ3) is 8.93. The lowest BCUT2D eigenvalue weighted by molar-refractivity contribution is 0.584. The highest BCUT2D eigenvalue weighted by Crippen LogP contribution is 1.85. The Labute approximate surface area is 63.3 Å². The van der Waals surface area contributed by atoms with Gasteiger partial charge in [0.2, 0.25) is 5.95 Å². The van der Waals surface area contributed by atoms with Gasteiger partial charge in [-0.2, -0.15) is 4.39 Å². The Balaban J connectivity index is -0.0000000612. The molecule has 0 radical (unpaired) electrons. The van der Waals surface area contributed by atoms with Gasteiger partial charge < -0.3 is 0 Å². The summed E-state index contributed by atoms with van der Waals surface area (Å²) in [5.74, 6) is -0.428. The smallest absolute Gasteiger partial charge is 0.212 e. The van der Waals surface area contributed by atoms with Gasteiger partial charge in [-0.3, -0.25) is 14.1 Å². The quantitative estimate of drug-likeness (QED) is 0.314. The molecule has 0 spiro atoms. The van der Waals surface area contributed by atoms with E-state index in [0.717, 1.165) is 0 Å². The topological polar surface area (TPSA) is 12.9 Å². The molecule has 0 aliphatic heterocycles. The van der Waals surface area contributed by atoms with E-state index in [1.165, 1.54) is 12.3 Å². The summed E-state index contributed by atoms with van der Waals surface area (Å²) in [7, 11) is 0. The van der Waals surface area contributed by atoms with Gasteiger partial charge in [0.15, 0.2) is 0 Å². The number of halogens is 4. The molecule has 1 aromatic rings. The van der Waals surface area contributed by atoms with Crippen LogP contribution < -0.4 is 0 Å². The summed E-state index contributed by atoms with van der Waals surface area (Å²) in [4.78, 5) is 3.31. The predicted octanol–water partition coefficient (Wildman–Crippen LogP) is 0.494. The van der Waals surface area contributed by atoms with Crippen LogP contribution in [0.3, 0.4) is 0 Å². The predicted molar refractivity (Wildman–Crippen MR) is 41.6 cm³/mol. The summed E-state index contributed by atoms with van der Waals surface area (Å²) in [6, 6.07) is 4.57. The van der Waals surface area contributed by atoms with Crippen molar-refractivity contribution >= 4 is 8.41 Å². The second-order valence-corrected chi connectivity index (χ2v) is 1.15. The molecule has 66 valence electrons. The molecule has 1 aromatic heterocycles. The third-order valence-electron chi connectivity index (χ3n) is 0.629. The molecule has 0 fully saturated rings. The molecule has 0 aromatic carbocycles. The Morgan fingerprint density at radius 2 is 1.64 bits per heavy atom. The van der Waals surface area contributed by atoms with Crippen molar-refractivity contribution in [2.45, 2.75) is 0 Å². The minimum Gasteiger partial charge on any atom is -0.269 e. The highest BCUT2D eigenvalue weighted by atomic mass is 19.1. The molecule has 0 N–H and O–H groups in total. The normalized spacial score (nSPS) is 5.55. The Kier molecular flexibility index (Phi) is 23.9. The van der Waals surface area contributed by atoms with E-state index in [1.807, 2.05) is 0 Å². The van der Waals surface area contributed by atoms with E-state index in [1.54, 1.807) is 12.1 Å². The van der Waals surface area contributed by atoms with Crippen LogP contribution >= 0.6 is 0 Å². The van der Waals surface area contributed by atoms with Gasteiger partial charge in [0.05, 0.1) is 8.41 Å². The van der Waals surface area contributed by atoms with Gasteiger partial charge in [0.25, 0.3) is 0 Å². The lowest BCUT2D eigenvalue weighted by Gasteiger charge is -1.78. The molecule has 0 unspecified atom stereocenters. The van der Waals surface area contributed by atoms with E-state index >= 15 is 0 Å². The first-order chi connectivity index (χ1) is 3.39. The van der Waals surface area contributed by atoms with E-state index in [0.29, 0.717) is 0 Å². The van der Waals surface area contributed by atoms with Crippen molar-refractivity contribution in [1.82, 2.24) is 4.98 Å². The van der Waals surface area contributed by atoms with Crippen LogP contribution in [0.4, 0.5) is 18.5 Å². The zero-order chi connectivity index (χ0) is 5.11. The molecule has 6 heteroatoms. The molecule has 1 rings (SSSR count). The van der Waals surface area contributed by atoms with Crippen LogP contribution in [-0.2, 0) is 0 Å². The number of pyridine rings is 1. The fraction of sp³-hybridized carbons (Fsp3) is 0. The van der Waals surface area contributed by atoms with Gasteiger partial charge in [0.1, 0.15) is 0 Å². The summed E-state index contributed by atoms with van der Waals surface area (Å²) in [6.07, 6.45) is 1.41. The number of nitrogens with zero attached hydrogens (tertiary/aromatic N) is 1. The van der Waals surface area contributed by atoms with E-state index in [2.05, 4.69) is 4.98 Å². The first-order valence-electron chi connectivity index (χ1n) is 1.96. The highest BCUT2D eigenvalue weighted by Gasteiger charge is 1.78. The average molecular weight is 171 g/mol. The lowest BCUT2D eigenvalue weighted by atomic mass is 10.5. The molecule has 0 aliphatic rings. The molecule has 0 amide bonds. The first-order valence-corrected chi connectivity index (χ1v) is 1.96. The van der Waals surface area contributed by atoms with Crippen LogP contribution in [0.25, 0.3) is 0 Å². The van der Waals surface area contributed by atoms with E-state index in [9.17, 15) is 4.39 Å². The second-order valence-electron chi connectivity index (χ2n) is 1.15. The van der Waals surface area contributed by atoms with Gasteiger partial charge >= 0.3 is 0 Å². The minimum atomic E-state index is -0.428. The van der Waals surface area contributed by atoms with Crippen LogP contribution in [0.15, 0.2) is 24.4 Å². The van der Waals surface area contributed by atoms with E-state index in [-0.39, 0.29) is 22.5 Å². The maximum absolute atomic E-state index is 11.8. The van der Waals surface area contributed by atoms with Crippen LogP contribution in [0, 0.1) is 5.95 Å². The van der Waals surface area contributed by atoms with Crippen LogP contribution in [0.1, 0.15) is 0 Å². The number of hydrogen-bond donors (Lipinski definition) is 0. The maximum Gasteiger partial charge on any atom is 0.212 e. The zero-order valence-electron chi connectivity index (χ0n) is 4.86. The summed E-state index contributed by atoms with van der Waals surface area (Å²) < 4.78 is 11.8. The SMILES string of the molecule is B.F.F.F.Fc1ccccn1. The Bertz CT molecular complexity index is 148. The van der Waals surface area contributed by atoms with Crippen LogP contribution in [-0.4, -0.2) is 13.4 Å². The Hall–Kier alpha value is -1.07. The van der Waals surface area contributed by atoms with Crippen molar-refractivity contribution < 1.29 is 18.5 Å². The van der Waals surface area contributed by atoms with Crippen molar-refractivity contribution in [1.29, 1.82) is 0 Å². The standard InChI is InChI=1S/C5H4FN.BH3.3FH/c6-5-3-1-2-4-7-5;;;;/h1-4H;1H3;3*1H. The van der Waals surface area contributed by atoms with Crippen LogP contribution in [0.5, 0.6) is 0 Å². The minimum absolute atomic E-state index is 0. The zero-order valence-corrected chi connectivity index (χ0v) is 4.86. The molecule has 0 saturated carbocycles. The Morgan fingerprint density at radius 1 is 1.09 bits per heavy atom. The van der Waals surface area contributed by atoms with Gasteiger partial charge in [-0.05, 0) is 12.1 Å². The van der Waals surface area contributed by atoms with Gasteiger partial charge in [-0.25, -0.2) is 4.98 Å². The van der Waals surface area contributed by atoms with Gasteiger partial charge in [0, 0.05) is 6.20 Å². The van der Waals surface area contributed by atoms with Crippen molar-refractivity contribution in [3.63, 3.8) is 0 Å². The molecule has 0 aliphatic carbocycles. The summed E-state index contributed by atoms with van der Waals surface area (Å²) >= 11 is 0. The molecule has 11 heavy (non-hydrogen) atoms. The molecule has 1 heterocycles. The van der Waals surface area contributed by atoms with Crippen molar-refractivity contribution in [2.24, 2.45) is 0 Å². The van der Waals surface area contributed by atoms with Crippen molar-refractivity contribution in [3.8, 4) is 0 Å². The highest BCUT2D eigenvalue weighted by molar-refractivity contribution is 5.75. The maximum atomic E-state index is 11.8. The number of rotatable bonds is 0. The molecule has 0 saturated heterocycles. The summed E-state index contributed by atoms with van der Waals surface area (Å²) in [5, 5.41) is 0. The fourth-order valence-corrected chi connectivity index (χ4v) is 0.342. The number of hydrogen-bond acceptors (Lipinski definition) is 1. The largest absolute Gasteiger partial charge is 0.269 e. The Morgan fingerprint density at radius 3 is 1.82 bits per heavy atom. The second kappa shape index (κ2) is 11.7. The molecular weight excluding hydrogens is 161 g/mol. The monoisotopic (exact) mass is 171 g/mol. The molecule has 0 atom stereocenters. The first kappa shape index (κ1) is 22.5. The summed E-state index contributed by atoms with van der Waals surface area (Å²) in [6.45, 7) is 0. The summed E-state index contributed by atoms with van der Waals surface area (Å²) in [5.41, 5.74) is 0. The average Bonchev–Trinajstić information content (AvgIpc) is 1.69. The van der Waals surface area contributed by atoms with Crippen molar-refractivity contribution in [2.75, 3.05) is 0 Å². The van der Waals surface area contributed by atoms with Gasteiger partial charge in [-0.1, -0.05) is 6.07 Å². The van der Waals surface area contributed by atoms with Crippen molar-refractivity contribution in [3.05, 3.63) is 30.3 Å². The van der Waals surface area contributed by atoms with Crippen LogP contribution in [0.2, 0.25) is 0 Å². The lowest BCUT2D eigenvalue weighted by Crippen LogP contribution is -1.73. The van der Waals surface area contributed by atoms with E-state index in [4.69, 9.17) is 0 Å².